The van der Waals surface area contributed by atoms with Gasteiger partial charge in [-0.15, -0.1) is 0 Å². The van der Waals surface area contributed by atoms with Gasteiger partial charge in [0.05, 0.1) is 0 Å². The van der Waals surface area contributed by atoms with Gasteiger partial charge in [0.2, 0.25) is 11.8 Å². The lowest BCUT2D eigenvalue weighted by Gasteiger charge is -2.45. The van der Waals surface area contributed by atoms with Gasteiger partial charge in [-0.3, -0.25) is 9.59 Å². The van der Waals surface area contributed by atoms with Crippen LogP contribution in [-0.2, 0) is 9.59 Å². The van der Waals surface area contributed by atoms with Crippen molar-refractivity contribution < 1.29 is 9.59 Å². The highest BCUT2D eigenvalue weighted by Crippen LogP contribution is 2.29. The van der Waals surface area contributed by atoms with Gasteiger partial charge in [-0.05, 0) is 31.1 Å². The van der Waals surface area contributed by atoms with Crippen molar-refractivity contribution in [2.75, 3.05) is 19.6 Å². The van der Waals surface area contributed by atoms with Crippen LogP contribution in [0.5, 0.6) is 0 Å². The summed E-state index contributed by atoms with van der Waals surface area (Å²) < 4.78 is 0. The van der Waals surface area contributed by atoms with E-state index >= 15 is 0 Å². The average molecular weight is 295 g/mol. The standard InChI is InChI=1S/C16H29N3O2/c1-4-14(20)19-9-6-5-7-12(19)15(21)18-10-8-13(17)16(2,3)11-18/h12-13H,4-11,17H2,1-3H3. The molecular formula is C16H29N3O2. The maximum atomic E-state index is 12.9. The molecule has 2 fully saturated rings. The molecule has 5 heteroatoms. The number of nitrogens with zero attached hydrogens (tertiary/aromatic N) is 2. The van der Waals surface area contributed by atoms with Crippen LogP contribution in [0.15, 0.2) is 0 Å². The number of carbonyl (C=O) groups excluding carboxylic acids is 2. The summed E-state index contributed by atoms with van der Waals surface area (Å²) in [4.78, 5) is 28.7. The number of amides is 2. The fourth-order valence-corrected chi connectivity index (χ4v) is 3.46. The molecule has 2 amide bonds. The quantitative estimate of drug-likeness (QED) is 0.836. The van der Waals surface area contributed by atoms with Gasteiger partial charge in [0.25, 0.3) is 0 Å². The van der Waals surface area contributed by atoms with Gasteiger partial charge >= 0.3 is 0 Å². The fraction of sp³-hybridized carbons (Fsp3) is 0.875. The summed E-state index contributed by atoms with van der Waals surface area (Å²) in [5.41, 5.74) is 6.09. The van der Waals surface area contributed by atoms with E-state index in [4.69, 9.17) is 5.73 Å². The molecule has 2 N–H and O–H groups in total. The average Bonchev–Trinajstić information content (AvgIpc) is 2.48. The van der Waals surface area contributed by atoms with Crippen LogP contribution in [0.3, 0.4) is 0 Å². The van der Waals surface area contributed by atoms with E-state index in [1.54, 1.807) is 4.90 Å². The number of carbonyl (C=O) groups is 2. The van der Waals surface area contributed by atoms with Gasteiger partial charge in [0.1, 0.15) is 6.04 Å². The van der Waals surface area contributed by atoms with E-state index in [2.05, 4.69) is 13.8 Å². The SMILES string of the molecule is CCC(=O)N1CCCCC1C(=O)N1CCC(N)C(C)(C)C1. The second kappa shape index (κ2) is 6.34. The minimum Gasteiger partial charge on any atom is -0.340 e. The highest BCUT2D eigenvalue weighted by molar-refractivity contribution is 5.88. The molecular weight excluding hydrogens is 266 g/mol. The molecule has 0 aromatic carbocycles. The Morgan fingerprint density at radius 3 is 2.52 bits per heavy atom. The Balaban J connectivity index is 2.09. The highest BCUT2D eigenvalue weighted by Gasteiger charge is 2.40. The van der Waals surface area contributed by atoms with Crippen molar-refractivity contribution in [1.82, 2.24) is 9.80 Å². The molecule has 0 bridgehead atoms. The molecule has 0 aromatic heterocycles. The summed E-state index contributed by atoms with van der Waals surface area (Å²) >= 11 is 0. The highest BCUT2D eigenvalue weighted by atomic mass is 16.2. The zero-order valence-electron chi connectivity index (χ0n) is 13.6. The predicted molar refractivity (Wildman–Crippen MR) is 82.6 cm³/mol. The lowest BCUT2D eigenvalue weighted by Crippen LogP contribution is -2.59. The first-order valence-corrected chi connectivity index (χ1v) is 8.20. The molecule has 2 aliphatic heterocycles. The Kier molecular flexibility index (Phi) is 4.91. The first-order chi connectivity index (χ1) is 9.86. The summed E-state index contributed by atoms with van der Waals surface area (Å²) in [6.07, 6.45) is 4.15. The third kappa shape index (κ3) is 3.39. The minimum atomic E-state index is -0.253. The van der Waals surface area contributed by atoms with Gasteiger partial charge in [-0.25, -0.2) is 0 Å². The van der Waals surface area contributed by atoms with Crippen molar-refractivity contribution in [3.05, 3.63) is 0 Å². The normalized spacial score (nSPS) is 29.3. The zero-order chi connectivity index (χ0) is 15.6. The molecule has 0 aliphatic carbocycles. The Labute approximate surface area is 127 Å². The molecule has 5 nitrogen and oxygen atoms in total. The molecule has 0 radical (unpaired) electrons. The topological polar surface area (TPSA) is 66.6 Å². The Morgan fingerprint density at radius 2 is 1.90 bits per heavy atom. The fourth-order valence-electron chi connectivity index (χ4n) is 3.46. The molecule has 2 unspecified atom stereocenters. The van der Waals surface area contributed by atoms with E-state index in [0.29, 0.717) is 19.5 Å². The summed E-state index contributed by atoms with van der Waals surface area (Å²) in [5.74, 6) is 0.220. The van der Waals surface area contributed by atoms with Crippen molar-refractivity contribution in [2.45, 2.75) is 65.0 Å². The first kappa shape index (κ1) is 16.3. The van der Waals surface area contributed by atoms with Crippen LogP contribution in [0.4, 0.5) is 0 Å². The smallest absolute Gasteiger partial charge is 0.245 e. The largest absolute Gasteiger partial charge is 0.340 e. The maximum absolute atomic E-state index is 12.9. The predicted octanol–water partition coefficient (Wildman–Crippen LogP) is 1.36. The second-order valence-corrected chi connectivity index (χ2v) is 7.10. The molecule has 0 saturated carbocycles. The van der Waals surface area contributed by atoms with Gasteiger partial charge in [-0.2, -0.15) is 0 Å². The number of hydrogen-bond acceptors (Lipinski definition) is 3. The van der Waals surface area contributed by atoms with Crippen LogP contribution >= 0.6 is 0 Å². The molecule has 2 aliphatic rings. The molecule has 2 rings (SSSR count). The van der Waals surface area contributed by atoms with Gasteiger partial charge in [0.15, 0.2) is 0 Å². The Bertz CT molecular complexity index is 408. The van der Waals surface area contributed by atoms with E-state index in [1.807, 2.05) is 11.8 Å². The van der Waals surface area contributed by atoms with E-state index in [1.165, 1.54) is 0 Å². The number of likely N-dealkylation sites (tertiary alicyclic amines) is 2. The van der Waals surface area contributed by atoms with Crippen LogP contribution in [0.25, 0.3) is 0 Å². The number of hydrogen-bond donors (Lipinski definition) is 1. The second-order valence-electron chi connectivity index (χ2n) is 7.10. The molecule has 2 saturated heterocycles. The summed E-state index contributed by atoms with van der Waals surface area (Å²) in [6.45, 7) is 8.23. The van der Waals surface area contributed by atoms with Crippen LogP contribution in [0.2, 0.25) is 0 Å². The molecule has 21 heavy (non-hydrogen) atoms. The third-order valence-corrected chi connectivity index (χ3v) is 5.03. The molecule has 120 valence electrons. The molecule has 0 spiro atoms. The van der Waals surface area contributed by atoms with Crippen molar-refractivity contribution in [3.8, 4) is 0 Å². The van der Waals surface area contributed by atoms with E-state index in [0.717, 1.165) is 32.2 Å². The van der Waals surface area contributed by atoms with E-state index in [-0.39, 0.29) is 29.3 Å². The minimum absolute atomic E-state index is 0.0534. The van der Waals surface area contributed by atoms with Gasteiger partial charge < -0.3 is 15.5 Å². The molecule has 2 atom stereocenters. The maximum Gasteiger partial charge on any atom is 0.245 e. The monoisotopic (exact) mass is 295 g/mol. The van der Waals surface area contributed by atoms with E-state index in [9.17, 15) is 9.59 Å². The number of piperidine rings is 2. The Morgan fingerprint density at radius 1 is 1.19 bits per heavy atom. The van der Waals surface area contributed by atoms with Crippen molar-refractivity contribution in [1.29, 1.82) is 0 Å². The summed E-state index contributed by atoms with van der Waals surface area (Å²) in [7, 11) is 0. The molecule has 2 heterocycles. The summed E-state index contributed by atoms with van der Waals surface area (Å²) in [5, 5.41) is 0. The third-order valence-electron chi connectivity index (χ3n) is 5.03. The van der Waals surface area contributed by atoms with Gasteiger partial charge in [-0.1, -0.05) is 20.8 Å². The number of rotatable bonds is 2. The zero-order valence-corrected chi connectivity index (χ0v) is 13.6. The van der Waals surface area contributed by atoms with Crippen LogP contribution in [-0.4, -0.2) is 53.3 Å². The lowest BCUT2D eigenvalue weighted by molar-refractivity contribution is -0.149. The van der Waals surface area contributed by atoms with Crippen LogP contribution in [0.1, 0.15) is 52.9 Å². The van der Waals surface area contributed by atoms with E-state index < -0.39 is 0 Å². The lowest BCUT2D eigenvalue weighted by atomic mass is 9.79. The van der Waals surface area contributed by atoms with Crippen LogP contribution < -0.4 is 5.73 Å². The number of nitrogens with two attached hydrogens (primary N) is 1. The summed E-state index contributed by atoms with van der Waals surface area (Å²) in [6, 6.07) is -0.113. The first-order valence-electron chi connectivity index (χ1n) is 8.20. The Hall–Kier alpha value is -1.10. The molecule has 0 aromatic rings. The van der Waals surface area contributed by atoms with Crippen LogP contribution in [0, 0.1) is 5.41 Å². The van der Waals surface area contributed by atoms with Crippen molar-refractivity contribution in [3.63, 3.8) is 0 Å². The van der Waals surface area contributed by atoms with Crippen molar-refractivity contribution >= 4 is 11.8 Å². The van der Waals surface area contributed by atoms with Gasteiger partial charge in [0, 0.05) is 32.1 Å². The van der Waals surface area contributed by atoms with Crippen molar-refractivity contribution in [2.24, 2.45) is 11.1 Å².